The quantitative estimate of drug-likeness (QED) is 0.626. The Balaban J connectivity index is 1.70. The van der Waals surface area contributed by atoms with Crippen molar-refractivity contribution in [1.82, 2.24) is 0 Å². The van der Waals surface area contributed by atoms with E-state index in [0.717, 1.165) is 22.6 Å². The maximum absolute atomic E-state index is 12.2. The molecule has 7 heteroatoms. The number of hydrogen-bond acceptors (Lipinski definition) is 4. The summed E-state index contributed by atoms with van der Waals surface area (Å²) in [5, 5.41) is 5.20. The largest absolute Gasteiger partial charge is 0.318 e. The summed E-state index contributed by atoms with van der Waals surface area (Å²) in [4.78, 5) is 39.1. The van der Waals surface area contributed by atoms with Crippen molar-refractivity contribution in [2.45, 2.75) is 24.7 Å². The molecule has 0 aromatic heterocycles. The second-order valence-corrected chi connectivity index (χ2v) is 7.17. The lowest BCUT2D eigenvalue weighted by atomic mass is 10.1. The van der Waals surface area contributed by atoms with Gasteiger partial charge in [0.2, 0.25) is 5.91 Å². The zero-order chi connectivity index (χ0) is 19.4. The first-order valence-corrected chi connectivity index (χ1v) is 9.88. The zero-order valence-electron chi connectivity index (χ0n) is 15.2. The minimum absolute atomic E-state index is 0.0768. The number of carbonyl (C=O) groups is 3. The maximum Gasteiger partial charge on any atom is 0.314 e. The molecule has 0 radical (unpaired) electrons. The Bertz CT molecular complexity index is 898. The summed E-state index contributed by atoms with van der Waals surface area (Å²) < 4.78 is 0. The van der Waals surface area contributed by atoms with Crippen molar-refractivity contribution < 1.29 is 14.4 Å². The number of rotatable bonds is 4. The van der Waals surface area contributed by atoms with E-state index < -0.39 is 11.8 Å². The molecule has 0 aliphatic carbocycles. The molecule has 1 aliphatic rings. The molecule has 1 heterocycles. The standard InChI is InChI=1S/C20H21N3O3S/c1-13-8-9-15(12-17(13)23-10-4-7-18(23)24)22-20(26)19(25)21-14-5-3-6-16(11-14)27-2/h3,5-6,8-9,11-12H,4,7,10H2,1-2H3,(H,21,25)(H,22,26). The van der Waals surface area contributed by atoms with Crippen molar-refractivity contribution in [3.63, 3.8) is 0 Å². The predicted octanol–water partition coefficient (Wildman–Crippen LogP) is 3.42. The number of benzene rings is 2. The van der Waals surface area contributed by atoms with Crippen LogP contribution in [-0.4, -0.2) is 30.5 Å². The van der Waals surface area contributed by atoms with Crippen LogP contribution in [0.25, 0.3) is 0 Å². The van der Waals surface area contributed by atoms with Gasteiger partial charge in [0.1, 0.15) is 0 Å². The molecule has 6 nitrogen and oxygen atoms in total. The Hall–Kier alpha value is -2.80. The monoisotopic (exact) mass is 383 g/mol. The highest BCUT2D eigenvalue weighted by atomic mass is 32.2. The van der Waals surface area contributed by atoms with Gasteiger partial charge in [-0.25, -0.2) is 0 Å². The lowest BCUT2D eigenvalue weighted by molar-refractivity contribution is -0.132. The van der Waals surface area contributed by atoms with Crippen LogP contribution in [0, 0.1) is 6.92 Å². The fourth-order valence-electron chi connectivity index (χ4n) is 2.96. The lowest BCUT2D eigenvalue weighted by Gasteiger charge is -2.19. The second kappa shape index (κ2) is 8.26. The van der Waals surface area contributed by atoms with Crippen LogP contribution in [0.4, 0.5) is 17.1 Å². The van der Waals surface area contributed by atoms with E-state index in [-0.39, 0.29) is 5.91 Å². The van der Waals surface area contributed by atoms with Crippen LogP contribution in [-0.2, 0) is 14.4 Å². The van der Waals surface area contributed by atoms with Gasteiger partial charge in [0.15, 0.2) is 0 Å². The van der Waals surface area contributed by atoms with E-state index in [1.807, 2.05) is 31.4 Å². The first-order chi connectivity index (χ1) is 13.0. The Labute approximate surface area is 162 Å². The molecular weight excluding hydrogens is 362 g/mol. The van der Waals surface area contributed by atoms with Gasteiger partial charge in [0.25, 0.3) is 0 Å². The van der Waals surface area contributed by atoms with E-state index in [9.17, 15) is 14.4 Å². The topological polar surface area (TPSA) is 78.5 Å². The molecule has 1 saturated heterocycles. The SMILES string of the molecule is CSc1cccc(NC(=O)C(=O)Nc2ccc(C)c(N3CCCC3=O)c2)c1. The molecule has 3 amide bonds. The fourth-order valence-corrected chi connectivity index (χ4v) is 3.42. The Morgan fingerprint density at radius 3 is 2.37 bits per heavy atom. The molecule has 140 valence electrons. The summed E-state index contributed by atoms with van der Waals surface area (Å²) in [6, 6.07) is 12.6. The van der Waals surface area contributed by atoms with Crippen LogP contribution in [0.2, 0.25) is 0 Å². The summed E-state index contributed by atoms with van der Waals surface area (Å²) in [5.41, 5.74) is 2.76. The van der Waals surface area contributed by atoms with E-state index in [1.165, 1.54) is 0 Å². The van der Waals surface area contributed by atoms with Crippen LogP contribution in [0.1, 0.15) is 18.4 Å². The minimum atomic E-state index is -0.757. The minimum Gasteiger partial charge on any atom is -0.318 e. The van der Waals surface area contributed by atoms with Gasteiger partial charge in [-0.1, -0.05) is 12.1 Å². The van der Waals surface area contributed by atoms with Crippen LogP contribution in [0.3, 0.4) is 0 Å². The number of nitrogens with one attached hydrogen (secondary N) is 2. The van der Waals surface area contributed by atoms with Gasteiger partial charge in [0, 0.05) is 34.9 Å². The van der Waals surface area contributed by atoms with Gasteiger partial charge < -0.3 is 15.5 Å². The third-order valence-corrected chi connectivity index (χ3v) is 5.09. The number of nitrogens with zero attached hydrogens (tertiary/aromatic N) is 1. The maximum atomic E-state index is 12.2. The normalized spacial score (nSPS) is 13.6. The second-order valence-electron chi connectivity index (χ2n) is 6.29. The molecule has 1 aliphatic heterocycles. The van der Waals surface area contributed by atoms with E-state index in [1.54, 1.807) is 40.9 Å². The number of aryl methyl sites for hydroxylation is 1. The van der Waals surface area contributed by atoms with Crippen molar-refractivity contribution in [3.05, 3.63) is 48.0 Å². The van der Waals surface area contributed by atoms with Crippen LogP contribution in [0.15, 0.2) is 47.4 Å². The first kappa shape index (κ1) is 19.0. The van der Waals surface area contributed by atoms with E-state index in [4.69, 9.17) is 0 Å². The van der Waals surface area contributed by atoms with E-state index in [2.05, 4.69) is 10.6 Å². The molecule has 3 rings (SSSR count). The summed E-state index contributed by atoms with van der Waals surface area (Å²) in [7, 11) is 0. The highest BCUT2D eigenvalue weighted by Gasteiger charge is 2.23. The molecule has 0 spiro atoms. The molecule has 2 aromatic carbocycles. The van der Waals surface area contributed by atoms with Gasteiger partial charge in [-0.05, 0) is 55.5 Å². The number of hydrogen-bond donors (Lipinski definition) is 2. The van der Waals surface area contributed by atoms with Gasteiger partial charge in [-0.3, -0.25) is 14.4 Å². The predicted molar refractivity (Wildman–Crippen MR) is 108 cm³/mol. The highest BCUT2D eigenvalue weighted by molar-refractivity contribution is 7.98. The molecule has 27 heavy (non-hydrogen) atoms. The summed E-state index contributed by atoms with van der Waals surface area (Å²) in [6.45, 7) is 2.58. The van der Waals surface area contributed by atoms with Crippen molar-refractivity contribution >= 4 is 46.5 Å². The average molecular weight is 383 g/mol. The van der Waals surface area contributed by atoms with Crippen LogP contribution < -0.4 is 15.5 Å². The van der Waals surface area contributed by atoms with Crippen molar-refractivity contribution in [1.29, 1.82) is 0 Å². The third-order valence-electron chi connectivity index (χ3n) is 4.37. The summed E-state index contributed by atoms with van der Waals surface area (Å²) in [6.07, 6.45) is 3.30. The lowest BCUT2D eigenvalue weighted by Crippen LogP contribution is -2.29. The number of anilines is 3. The van der Waals surface area contributed by atoms with Crippen molar-refractivity contribution in [2.24, 2.45) is 0 Å². The molecule has 1 fully saturated rings. The van der Waals surface area contributed by atoms with Gasteiger partial charge in [-0.2, -0.15) is 0 Å². The molecular formula is C20H21N3O3S. The van der Waals surface area contributed by atoms with Crippen molar-refractivity contribution in [2.75, 3.05) is 28.3 Å². The Morgan fingerprint density at radius 1 is 1.04 bits per heavy atom. The fraction of sp³-hybridized carbons (Fsp3) is 0.250. The molecule has 0 saturated carbocycles. The van der Waals surface area contributed by atoms with Gasteiger partial charge in [-0.15, -0.1) is 11.8 Å². The Kier molecular flexibility index (Phi) is 5.81. The summed E-state index contributed by atoms with van der Waals surface area (Å²) >= 11 is 1.55. The number of thioether (sulfide) groups is 1. The van der Waals surface area contributed by atoms with Gasteiger partial charge in [0.05, 0.1) is 0 Å². The molecule has 0 atom stereocenters. The summed E-state index contributed by atoms with van der Waals surface area (Å²) in [5.74, 6) is -1.42. The van der Waals surface area contributed by atoms with Crippen molar-refractivity contribution in [3.8, 4) is 0 Å². The molecule has 2 N–H and O–H groups in total. The van der Waals surface area contributed by atoms with Crippen LogP contribution in [0.5, 0.6) is 0 Å². The highest BCUT2D eigenvalue weighted by Crippen LogP contribution is 2.28. The third kappa shape index (κ3) is 4.49. The zero-order valence-corrected chi connectivity index (χ0v) is 16.1. The van der Waals surface area contributed by atoms with Gasteiger partial charge >= 0.3 is 11.8 Å². The number of amides is 3. The number of carbonyl (C=O) groups excluding carboxylic acids is 3. The average Bonchev–Trinajstić information content (AvgIpc) is 3.09. The smallest absolute Gasteiger partial charge is 0.314 e. The molecule has 0 bridgehead atoms. The van der Waals surface area contributed by atoms with E-state index in [0.29, 0.717) is 24.3 Å². The molecule has 2 aromatic rings. The molecule has 0 unspecified atom stereocenters. The van der Waals surface area contributed by atoms with Crippen LogP contribution >= 0.6 is 11.8 Å². The van der Waals surface area contributed by atoms with E-state index >= 15 is 0 Å². The first-order valence-electron chi connectivity index (χ1n) is 8.65. The Morgan fingerprint density at radius 2 is 1.74 bits per heavy atom.